The highest BCUT2D eigenvalue weighted by atomic mass is 35.5. The summed E-state index contributed by atoms with van der Waals surface area (Å²) in [6.07, 6.45) is 0. The Balaban J connectivity index is 1.81. The van der Waals surface area contributed by atoms with E-state index in [0.717, 1.165) is 22.6 Å². The lowest BCUT2D eigenvalue weighted by atomic mass is 10.1. The molecule has 3 aromatic rings. The van der Waals surface area contributed by atoms with Crippen LogP contribution in [0.1, 0.15) is 5.56 Å². The molecule has 0 saturated carbocycles. The first kappa shape index (κ1) is 15.4. The number of benzene rings is 2. The van der Waals surface area contributed by atoms with Gasteiger partial charge < -0.3 is 9.47 Å². The molecule has 0 amide bonds. The van der Waals surface area contributed by atoms with Crippen molar-refractivity contribution in [2.24, 2.45) is 7.05 Å². The van der Waals surface area contributed by atoms with Crippen molar-refractivity contribution in [1.82, 2.24) is 9.78 Å². The summed E-state index contributed by atoms with van der Waals surface area (Å²) in [6.45, 7) is 0.408. The Labute approximate surface area is 140 Å². The highest BCUT2D eigenvalue weighted by Gasteiger charge is 2.11. The minimum Gasteiger partial charge on any atom is -0.496 e. The molecule has 0 saturated heterocycles. The van der Waals surface area contributed by atoms with Crippen LogP contribution < -0.4 is 9.47 Å². The van der Waals surface area contributed by atoms with Gasteiger partial charge in [0.05, 0.1) is 17.8 Å². The maximum atomic E-state index is 6.23. The van der Waals surface area contributed by atoms with Gasteiger partial charge in [0.25, 0.3) is 0 Å². The van der Waals surface area contributed by atoms with Crippen LogP contribution in [0, 0.1) is 0 Å². The molecule has 0 N–H and O–H groups in total. The van der Waals surface area contributed by atoms with Gasteiger partial charge in [0.15, 0.2) is 0 Å². The quantitative estimate of drug-likeness (QED) is 0.699. The fraction of sp³-hybridized carbons (Fsp3) is 0.167. The topological polar surface area (TPSA) is 36.3 Å². The molecule has 0 fully saturated rings. The first-order chi connectivity index (χ1) is 11.2. The van der Waals surface area contributed by atoms with Gasteiger partial charge in [0.2, 0.25) is 5.88 Å². The number of rotatable bonds is 5. The molecule has 2 aromatic carbocycles. The van der Waals surface area contributed by atoms with E-state index < -0.39 is 0 Å². The summed E-state index contributed by atoms with van der Waals surface area (Å²) in [5.74, 6) is 1.48. The highest BCUT2D eigenvalue weighted by molar-refractivity contribution is 6.33. The molecule has 0 spiro atoms. The molecule has 5 heteroatoms. The minimum atomic E-state index is 0.408. The monoisotopic (exact) mass is 328 g/mol. The molecule has 4 nitrogen and oxygen atoms in total. The summed E-state index contributed by atoms with van der Waals surface area (Å²) in [5.41, 5.74) is 2.65. The lowest BCUT2D eigenvalue weighted by Crippen LogP contribution is -2.02. The second-order valence-corrected chi connectivity index (χ2v) is 5.48. The van der Waals surface area contributed by atoms with E-state index in [1.54, 1.807) is 11.8 Å². The molecule has 1 aromatic heterocycles. The molecule has 0 aliphatic carbocycles. The van der Waals surface area contributed by atoms with Gasteiger partial charge in [0, 0.05) is 24.2 Å². The Kier molecular flexibility index (Phi) is 4.53. The number of ether oxygens (including phenoxy) is 2. The average molecular weight is 329 g/mol. The van der Waals surface area contributed by atoms with Crippen LogP contribution in [0.4, 0.5) is 0 Å². The summed E-state index contributed by atoms with van der Waals surface area (Å²) < 4.78 is 12.9. The average Bonchev–Trinajstić information content (AvgIpc) is 2.94. The summed E-state index contributed by atoms with van der Waals surface area (Å²) in [4.78, 5) is 0. The van der Waals surface area contributed by atoms with Crippen molar-refractivity contribution in [2.45, 2.75) is 6.61 Å². The molecule has 3 rings (SSSR count). The predicted molar refractivity (Wildman–Crippen MR) is 91.0 cm³/mol. The molecule has 1 heterocycles. The van der Waals surface area contributed by atoms with Gasteiger partial charge in [-0.3, -0.25) is 0 Å². The Morgan fingerprint density at radius 3 is 2.61 bits per heavy atom. The Morgan fingerprint density at radius 1 is 1.09 bits per heavy atom. The SMILES string of the molecule is COc1ccccc1COc1cc(-c2ccccc2Cl)nn1C. The van der Waals surface area contributed by atoms with E-state index >= 15 is 0 Å². The number of aryl methyl sites for hydroxylation is 1. The number of halogens is 1. The van der Waals surface area contributed by atoms with Crippen molar-refractivity contribution in [1.29, 1.82) is 0 Å². The normalized spacial score (nSPS) is 10.6. The molecular weight excluding hydrogens is 312 g/mol. The van der Waals surface area contributed by atoms with Gasteiger partial charge in [0.1, 0.15) is 12.4 Å². The van der Waals surface area contributed by atoms with E-state index in [4.69, 9.17) is 21.1 Å². The Bertz CT molecular complexity index is 814. The highest BCUT2D eigenvalue weighted by Crippen LogP contribution is 2.29. The first-order valence-corrected chi connectivity index (χ1v) is 7.60. The molecule has 0 radical (unpaired) electrons. The number of methoxy groups -OCH3 is 1. The molecular formula is C18H17ClN2O2. The van der Waals surface area contributed by atoms with Gasteiger partial charge in [-0.1, -0.05) is 48.0 Å². The molecule has 0 aliphatic rings. The second-order valence-electron chi connectivity index (χ2n) is 5.07. The van der Waals surface area contributed by atoms with Gasteiger partial charge in [-0.2, -0.15) is 5.10 Å². The molecule has 118 valence electrons. The maximum absolute atomic E-state index is 6.23. The van der Waals surface area contributed by atoms with Gasteiger partial charge >= 0.3 is 0 Å². The van der Waals surface area contributed by atoms with Crippen LogP contribution in [0.25, 0.3) is 11.3 Å². The van der Waals surface area contributed by atoms with E-state index in [1.165, 1.54) is 0 Å². The summed E-state index contributed by atoms with van der Waals surface area (Å²) in [6, 6.07) is 17.3. The second kappa shape index (κ2) is 6.75. The Hall–Kier alpha value is -2.46. The standard InChI is InChI=1S/C18H17ClN2O2/c1-21-18(23-12-13-7-3-6-10-17(13)22-2)11-16(20-21)14-8-4-5-9-15(14)19/h3-11H,12H2,1-2H3. The first-order valence-electron chi connectivity index (χ1n) is 7.22. The Morgan fingerprint density at radius 2 is 1.83 bits per heavy atom. The number of nitrogens with zero attached hydrogens (tertiary/aromatic N) is 2. The summed E-state index contributed by atoms with van der Waals surface area (Å²) in [7, 11) is 3.50. The van der Waals surface area contributed by atoms with Crippen molar-refractivity contribution in [3.8, 4) is 22.9 Å². The third-order valence-electron chi connectivity index (χ3n) is 3.55. The van der Waals surface area contributed by atoms with Crippen molar-refractivity contribution in [2.75, 3.05) is 7.11 Å². The molecule has 0 bridgehead atoms. The van der Waals surface area contributed by atoms with Crippen LogP contribution in [0.5, 0.6) is 11.6 Å². The van der Waals surface area contributed by atoms with E-state index in [1.807, 2.05) is 61.6 Å². The molecule has 23 heavy (non-hydrogen) atoms. The third kappa shape index (κ3) is 3.32. The third-order valence-corrected chi connectivity index (χ3v) is 3.88. The van der Waals surface area contributed by atoms with Crippen LogP contribution in [0.2, 0.25) is 5.02 Å². The fourth-order valence-corrected chi connectivity index (χ4v) is 2.59. The van der Waals surface area contributed by atoms with Gasteiger partial charge in [-0.15, -0.1) is 0 Å². The van der Waals surface area contributed by atoms with Crippen molar-refractivity contribution < 1.29 is 9.47 Å². The number of para-hydroxylation sites is 1. The lowest BCUT2D eigenvalue weighted by Gasteiger charge is -2.09. The smallest absolute Gasteiger partial charge is 0.212 e. The minimum absolute atomic E-state index is 0.408. The maximum Gasteiger partial charge on any atom is 0.212 e. The van der Waals surface area contributed by atoms with E-state index in [2.05, 4.69) is 5.10 Å². The van der Waals surface area contributed by atoms with Gasteiger partial charge in [-0.05, 0) is 12.1 Å². The summed E-state index contributed by atoms with van der Waals surface area (Å²) in [5, 5.41) is 5.14. The zero-order valence-corrected chi connectivity index (χ0v) is 13.7. The molecule has 0 aliphatic heterocycles. The number of hydrogen-bond acceptors (Lipinski definition) is 3. The largest absolute Gasteiger partial charge is 0.496 e. The van der Waals surface area contributed by atoms with E-state index in [9.17, 15) is 0 Å². The van der Waals surface area contributed by atoms with Crippen LogP contribution in [-0.2, 0) is 13.7 Å². The van der Waals surface area contributed by atoms with Crippen molar-refractivity contribution >= 4 is 11.6 Å². The molecule has 0 unspecified atom stereocenters. The number of aromatic nitrogens is 2. The van der Waals surface area contributed by atoms with Crippen molar-refractivity contribution in [3.63, 3.8) is 0 Å². The van der Waals surface area contributed by atoms with Crippen molar-refractivity contribution in [3.05, 3.63) is 65.2 Å². The summed E-state index contributed by atoms with van der Waals surface area (Å²) >= 11 is 6.23. The lowest BCUT2D eigenvalue weighted by molar-refractivity contribution is 0.272. The van der Waals surface area contributed by atoms with Crippen LogP contribution >= 0.6 is 11.6 Å². The van der Waals surface area contributed by atoms with E-state index in [-0.39, 0.29) is 0 Å². The van der Waals surface area contributed by atoms with Gasteiger partial charge in [-0.25, -0.2) is 4.68 Å². The fourth-order valence-electron chi connectivity index (χ4n) is 2.36. The predicted octanol–water partition coefficient (Wildman–Crippen LogP) is 4.33. The van der Waals surface area contributed by atoms with Crippen LogP contribution in [0.15, 0.2) is 54.6 Å². The van der Waals surface area contributed by atoms with Crippen LogP contribution in [0.3, 0.4) is 0 Å². The zero-order chi connectivity index (χ0) is 16.2. The van der Waals surface area contributed by atoms with E-state index in [0.29, 0.717) is 17.5 Å². The van der Waals surface area contributed by atoms with Crippen LogP contribution in [-0.4, -0.2) is 16.9 Å². The zero-order valence-electron chi connectivity index (χ0n) is 13.0. The number of hydrogen-bond donors (Lipinski definition) is 0. The molecule has 0 atom stereocenters.